The van der Waals surface area contributed by atoms with Gasteiger partial charge in [-0.2, -0.15) is 13.2 Å². The van der Waals surface area contributed by atoms with Crippen LogP contribution in [0.15, 0.2) is 0 Å². The molecule has 0 saturated heterocycles. The second kappa shape index (κ2) is 6.24. The molecule has 5 heteroatoms. The Morgan fingerprint density at radius 2 is 1.86 bits per heavy atom. The average Bonchev–Trinajstić information content (AvgIpc) is 2.01. The molecule has 0 aromatic rings. The van der Waals surface area contributed by atoms with E-state index < -0.39 is 12.6 Å². The fourth-order valence-corrected chi connectivity index (χ4v) is 0.907. The molecule has 0 aliphatic carbocycles. The van der Waals surface area contributed by atoms with Gasteiger partial charge in [-0.1, -0.05) is 0 Å². The highest BCUT2D eigenvalue weighted by molar-refractivity contribution is 4.63. The van der Waals surface area contributed by atoms with Crippen LogP contribution in [0.4, 0.5) is 13.2 Å². The van der Waals surface area contributed by atoms with Crippen LogP contribution < -0.4 is 5.32 Å². The van der Waals surface area contributed by atoms with Gasteiger partial charge in [0, 0.05) is 19.0 Å². The van der Waals surface area contributed by atoms with Gasteiger partial charge in [-0.25, -0.2) is 0 Å². The zero-order valence-electron chi connectivity index (χ0n) is 8.99. The molecule has 0 aromatic heterocycles. The first kappa shape index (κ1) is 13.7. The lowest BCUT2D eigenvalue weighted by molar-refractivity contribution is -0.135. The van der Waals surface area contributed by atoms with Crippen molar-refractivity contribution in [2.75, 3.05) is 27.2 Å². The molecular weight excluding hydrogens is 193 g/mol. The molecule has 1 unspecified atom stereocenters. The molecule has 1 atom stereocenters. The number of alkyl halides is 3. The first-order valence-corrected chi connectivity index (χ1v) is 4.77. The van der Waals surface area contributed by atoms with Crippen LogP contribution in [-0.2, 0) is 0 Å². The molecule has 0 bridgehead atoms. The Morgan fingerprint density at radius 1 is 1.29 bits per heavy atom. The summed E-state index contributed by atoms with van der Waals surface area (Å²) >= 11 is 0. The van der Waals surface area contributed by atoms with Crippen LogP contribution in [0.3, 0.4) is 0 Å². The molecule has 14 heavy (non-hydrogen) atoms. The number of halogens is 3. The summed E-state index contributed by atoms with van der Waals surface area (Å²) in [7, 11) is 3.89. The van der Waals surface area contributed by atoms with Crippen molar-refractivity contribution in [2.45, 2.75) is 32.0 Å². The van der Waals surface area contributed by atoms with Crippen molar-refractivity contribution >= 4 is 0 Å². The van der Waals surface area contributed by atoms with E-state index >= 15 is 0 Å². The Hall–Kier alpha value is -0.290. The Labute approximate surface area is 83.5 Å². The van der Waals surface area contributed by atoms with Crippen molar-refractivity contribution in [1.29, 1.82) is 0 Å². The second-order valence-electron chi connectivity index (χ2n) is 3.74. The summed E-state index contributed by atoms with van der Waals surface area (Å²) in [4.78, 5) is 2.02. The van der Waals surface area contributed by atoms with Crippen molar-refractivity contribution in [3.05, 3.63) is 0 Å². The maximum absolute atomic E-state index is 11.7. The van der Waals surface area contributed by atoms with E-state index in [1.807, 2.05) is 25.9 Å². The average molecular weight is 212 g/mol. The summed E-state index contributed by atoms with van der Waals surface area (Å²) in [6.45, 7) is 3.18. The number of nitrogens with zero attached hydrogens (tertiary/aromatic N) is 1. The fraction of sp³-hybridized carbons (Fsp3) is 1.00. The van der Waals surface area contributed by atoms with E-state index in [1.54, 1.807) is 0 Å². The molecule has 0 aromatic carbocycles. The van der Waals surface area contributed by atoms with Gasteiger partial charge in [0.05, 0.1) is 0 Å². The number of nitrogens with one attached hydrogen (secondary N) is 1. The van der Waals surface area contributed by atoms with E-state index in [2.05, 4.69) is 5.32 Å². The number of likely N-dealkylation sites (N-methyl/N-ethyl adjacent to an activating group) is 1. The predicted molar refractivity (Wildman–Crippen MR) is 51.3 cm³/mol. The van der Waals surface area contributed by atoms with Crippen molar-refractivity contribution in [1.82, 2.24) is 10.2 Å². The third kappa shape index (κ3) is 8.31. The van der Waals surface area contributed by atoms with Gasteiger partial charge in [0.1, 0.15) is 0 Å². The number of rotatable bonds is 6. The van der Waals surface area contributed by atoms with Crippen LogP contribution in [0, 0.1) is 0 Å². The first-order chi connectivity index (χ1) is 6.33. The Kier molecular flexibility index (Phi) is 6.11. The molecular formula is C9H19F3N2. The highest BCUT2D eigenvalue weighted by Crippen LogP contribution is 2.20. The smallest absolute Gasteiger partial charge is 0.315 e. The summed E-state index contributed by atoms with van der Waals surface area (Å²) in [6.07, 6.45) is -4.56. The highest BCUT2D eigenvalue weighted by atomic mass is 19.4. The van der Waals surface area contributed by atoms with Gasteiger partial charge in [0.15, 0.2) is 0 Å². The summed E-state index contributed by atoms with van der Waals surface area (Å²) in [6, 6.07) is 0.348. The molecule has 0 spiro atoms. The van der Waals surface area contributed by atoms with E-state index in [4.69, 9.17) is 0 Å². The molecule has 0 fully saturated rings. The maximum atomic E-state index is 11.7. The van der Waals surface area contributed by atoms with E-state index in [0.29, 0.717) is 12.6 Å². The third-order valence-electron chi connectivity index (χ3n) is 2.14. The van der Waals surface area contributed by atoms with Gasteiger partial charge in [-0.05, 0) is 34.0 Å². The van der Waals surface area contributed by atoms with Crippen LogP contribution >= 0.6 is 0 Å². The van der Waals surface area contributed by atoms with Crippen molar-refractivity contribution in [2.24, 2.45) is 0 Å². The molecule has 0 aliphatic rings. The van der Waals surface area contributed by atoms with Crippen molar-refractivity contribution in [3.8, 4) is 0 Å². The SMILES string of the molecule is CC(CNCCCC(F)(F)F)N(C)C. The van der Waals surface area contributed by atoms with Crippen LogP contribution in [0.5, 0.6) is 0 Å². The molecule has 0 rings (SSSR count). The molecule has 86 valence electrons. The lowest BCUT2D eigenvalue weighted by Gasteiger charge is -2.20. The summed E-state index contributed by atoms with van der Waals surface area (Å²) in [5.41, 5.74) is 0. The third-order valence-corrected chi connectivity index (χ3v) is 2.14. The van der Waals surface area contributed by atoms with Crippen LogP contribution in [-0.4, -0.2) is 44.3 Å². The second-order valence-corrected chi connectivity index (χ2v) is 3.74. The lowest BCUT2D eigenvalue weighted by atomic mass is 10.3. The summed E-state index contributed by atoms with van der Waals surface area (Å²) in [5, 5.41) is 3.00. The van der Waals surface area contributed by atoms with Crippen molar-refractivity contribution < 1.29 is 13.2 Å². The largest absolute Gasteiger partial charge is 0.389 e. The quantitative estimate of drug-likeness (QED) is 0.676. The number of hydrogen-bond acceptors (Lipinski definition) is 2. The predicted octanol–water partition coefficient (Wildman–Crippen LogP) is 1.87. The standard InChI is InChI=1S/C9H19F3N2/c1-8(14(2)3)7-13-6-4-5-9(10,11)12/h8,13H,4-7H2,1-3H3. The summed E-state index contributed by atoms with van der Waals surface area (Å²) in [5.74, 6) is 0. The molecule has 1 N–H and O–H groups in total. The normalized spacial score (nSPS) is 14.8. The first-order valence-electron chi connectivity index (χ1n) is 4.77. The highest BCUT2D eigenvalue weighted by Gasteiger charge is 2.25. The summed E-state index contributed by atoms with van der Waals surface area (Å²) < 4.78 is 35.2. The van der Waals surface area contributed by atoms with Crippen LogP contribution in [0.25, 0.3) is 0 Å². The van der Waals surface area contributed by atoms with Gasteiger partial charge in [0.2, 0.25) is 0 Å². The Morgan fingerprint density at radius 3 is 2.29 bits per heavy atom. The van der Waals surface area contributed by atoms with Gasteiger partial charge < -0.3 is 10.2 Å². The van der Waals surface area contributed by atoms with Crippen LogP contribution in [0.1, 0.15) is 19.8 Å². The lowest BCUT2D eigenvalue weighted by Crippen LogP contribution is -2.35. The molecule has 0 aliphatic heterocycles. The fourth-order valence-electron chi connectivity index (χ4n) is 0.907. The van der Waals surface area contributed by atoms with E-state index in [1.165, 1.54) is 0 Å². The van der Waals surface area contributed by atoms with E-state index in [-0.39, 0.29) is 6.42 Å². The zero-order chi connectivity index (χ0) is 11.2. The minimum absolute atomic E-state index is 0.156. The minimum atomic E-state index is -4.02. The van der Waals surface area contributed by atoms with Gasteiger partial charge in [-0.3, -0.25) is 0 Å². The molecule has 0 heterocycles. The van der Waals surface area contributed by atoms with Gasteiger partial charge in [0.25, 0.3) is 0 Å². The molecule has 0 saturated carbocycles. The molecule has 0 radical (unpaired) electrons. The van der Waals surface area contributed by atoms with E-state index in [0.717, 1.165) is 6.54 Å². The minimum Gasteiger partial charge on any atom is -0.315 e. The number of hydrogen-bond donors (Lipinski definition) is 1. The topological polar surface area (TPSA) is 15.3 Å². The van der Waals surface area contributed by atoms with Crippen molar-refractivity contribution in [3.63, 3.8) is 0 Å². The van der Waals surface area contributed by atoms with Crippen LogP contribution in [0.2, 0.25) is 0 Å². The Balaban J connectivity index is 3.30. The molecule has 2 nitrogen and oxygen atoms in total. The zero-order valence-corrected chi connectivity index (χ0v) is 8.99. The van der Waals surface area contributed by atoms with Gasteiger partial charge >= 0.3 is 6.18 Å². The van der Waals surface area contributed by atoms with E-state index in [9.17, 15) is 13.2 Å². The Bertz CT molecular complexity index is 145. The maximum Gasteiger partial charge on any atom is 0.389 e. The molecule has 0 amide bonds. The van der Waals surface area contributed by atoms with Gasteiger partial charge in [-0.15, -0.1) is 0 Å². The monoisotopic (exact) mass is 212 g/mol.